The monoisotopic (exact) mass is 241 g/mol. The second kappa shape index (κ2) is 8.28. The van der Waals surface area contributed by atoms with E-state index in [1.54, 1.807) is 6.26 Å². The van der Waals surface area contributed by atoms with Crippen molar-refractivity contribution in [2.75, 3.05) is 19.8 Å². The quantitative estimate of drug-likeness (QED) is 0.675. The third-order valence-corrected chi connectivity index (χ3v) is 2.47. The summed E-state index contributed by atoms with van der Waals surface area (Å²) in [6, 6.07) is 3.62. The van der Waals surface area contributed by atoms with Crippen LogP contribution < -0.4 is 5.73 Å². The maximum absolute atomic E-state index is 5.86. The Bertz CT molecular complexity index is 272. The molecule has 0 spiro atoms. The van der Waals surface area contributed by atoms with Gasteiger partial charge < -0.3 is 19.6 Å². The molecular weight excluding hydrogens is 218 g/mol. The van der Waals surface area contributed by atoms with Crippen molar-refractivity contribution in [1.29, 1.82) is 0 Å². The van der Waals surface area contributed by atoms with E-state index in [0.717, 1.165) is 25.2 Å². The van der Waals surface area contributed by atoms with E-state index in [4.69, 9.17) is 19.6 Å². The molecule has 4 heteroatoms. The zero-order chi connectivity index (χ0) is 12.5. The lowest BCUT2D eigenvalue weighted by molar-refractivity contribution is -0.0143. The minimum Gasteiger partial charge on any atom is -0.467 e. The molecule has 0 saturated heterocycles. The van der Waals surface area contributed by atoms with Crippen LogP contribution in [0.5, 0.6) is 0 Å². The first kappa shape index (κ1) is 14.2. The van der Waals surface area contributed by atoms with Crippen molar-refractivity contribution in [3.8, 4) is 0 Å². The maximum Gasteiger partial charge on any atom is 0.134 e. The minimum atomic E-state index is -0.195. The Hall–Kier alpha value is -0.840. The highest BCUT2D eigenvalue weighted by molar-refractivity contribution is 5.04. The molecule has 0 radical (unpaired) electrons. The molecule has 0 amide bonds. The molecule has 0 bridgehead atoms. The maximum atomic E-state index is 5.86. The first-order valence-electron chi connectivity index (χ1n) is 6.24. The van der Waals surface area contributed by atoms with Crippen molar-refractivity contribution in [3.05, 3.63) is 24.2 Å². The highest BCUT2D eigenvalue weighted by Crippen LogP contribution is 2.20. The van der Waals surface area contributed by atoms with E-state index < -0.39 is 0 Å². The second-order valence-electron chi connectivity index (χ2n) is 4.13. The van der Waals surface area contributed by atoms with Crippen molar-refractivity contribution in [2.24, 2.45) is 5.73 Å². The molecule has 4 nitrogen and oxygen atoms in total. The molecular formula is C13H23NO3. The van der Waals surface area contributed by atoms with E-state index in [-0.39, 0.29) is 12.1 Å². The second-order valence-corrected chi connectivity index (χ2v) is 4.13. The van der Waals surface area contributed by atoms with Gasteiger partial charge in [-0.25, -0.2) is 0 Å². The number of hydrogen-bond donors (Lipinski definition) is 1. The molecule has 0 aliphatic carbocycles. The summed E-state index contributed by atoms with van der Waals surface area (Å²) in [5, 5.41) is 0. The lowest BCUT2D eigenvalue weighted by atomic mass is 10.1. The topological polar surface area (TPSA) is 57.6 Å². The fraction of sp³-hybridized carbons (Fsp3) is 0.692. The van der Waals surface area contributed by atoms with Crippen LogP contribution in [0.4, 0.5) is 0 Å². The molecule has 1 aromatic rings. The van der Waals surface area contributed by atoms with E-state index >= 15 is 0 Å². The van der Waals surface area contributed by atoms with Crippen LogP contribution in [-0.4, -0.2) is 25.9 Å². The largest absolute Gasteiger partial charge is 0.467 e. The normalized spacial score (nSPS) is 14.8. The Balaban J connectivity index is 2.22. The van der Waals surface area contributed by atoms with Gasteiger partial charge in [0, 0.05) is 12.6 Å². The van der Waals surface area contributed by atoms with Crippen LogP contribution in [-0.2, 0) is 9.47 Å². The molecule has 17 heavy (non-hydrogen) atoms. The summed E-state index contributed by atoms with van der Waals surface area (Å²) in [6.07, 6.45) is 3.68. The van der Waals surface area contributed by atoms with Crippen LogP contribution in [0.2, 0.25) is 0 Å². The molecule has 2 N–H and O–H groups in total. The van der Waals surface area contributed by atoms with E-state index in [0.29, 0.717) is 13.2 Å². The Kier molecular flexibility index (Phi) is 6.93. The Morgan fingerprint density at radius 3 is 2.76 bits per heavy atom. The molecule has 0 aliphatic heterocycles. The Morgan fingerprint density at radius 2 is 2.18 bits per heavy atom. The van der Waals surface area contributed by atoms with Crippen LogP contribution in [0.1, 0.15) is 38.6 Å². The highest BCUT2D eigenvalue weighted by atomic mass is 16.5. The highest BCUT2D eigenvalue weighted by Gasteiger charge is 2.19. The minimum absolute atomic E-state index is 0.100. The number of unbranched alkanes of at least 4 members (excludes halogenated alkanes) is 1. The molecule has 98 valence electrons. The van der Waals surface area contributed by atoms with Gasteiger partial charge in [0.2, 0.25) is 0 Å². The fourth-order valence-electron chi connectivity index (χ4n) is 1.53. The Labute approximate surface area is 103 Å². The summed E-state index contributed by atoms with van der Waals surface area (Å²) >= 11 is 0. The van der Waals surface area contributed by atoms with Crippen LogP contribution in [0, 0.1) is 0 Å². The van der Waals surface area contributed by atoms with Gasteiger partial charge in [-0.05, 0) is 25.5 Å². The summed E-state index contributed by atoms with van der Waals surface area (Å²) in [5.74, 6) is 0.772. The molecule has 0 aliphatic rings. The molecule has 0 fully saturated rings. The van der Waals surface area contributed by atoms with Crippen molar-refractivity contribution in [1.82, 2.24) is 0 Å². The molecule has 1 heterocycles. The first-order chi connectivity index (χ1) is 8.25. The van der Waals surface area contributed by atoms with Crippen molar-refractivity contribution in [2.45, 2.75) is 38.8 Å². The van der Waals surface area contributed by atoms with E-state index in [2.05, 4.69) is 6.92 Å². The first-order valence-corrected chi connectivity index (χ1v) is 6.24. The van der Waals surface area contributed by atoms with Gasteiger partial charge in [-0.3, -0.25) is 0 Å². The third-order valence-electron chi connectivity index (χ3n) is 2.47. The van der Waals surface area contributed by atoms with E-state index in [9.17, 15) is 0 Å². The predicted octanol–water partition coefficient (Wildman–Crippen LogP) is 2.50. The molecule has 0 saturated carbocycles. The van der Waals surface area contributed by atoms with Gasteiger partial charge >= 0.3 is 0 Å². The van der Waals surface area contributed by atoms with E-state index in [1.165, 1.54) is 0 Å². The third kappa shape index (κ3) is 5.35. The van der Waals surface area contributed by atoms with E-state index in [1.807, 2.05) is 19.1 Å². The van der Waals surface area contributed by atoms with Gasteiger partial charge in [0.05, 0.1) is 19.5 Å². The van der Waals surface area contributed by atoms with Gasteiger partial charge in [0.25, 0.3) is 0 Å². The zero-order valence-electron chi connectivity index (χ0n) is 10.7. The standard InChI is InChI=1S/C13H23NO3/c1-3-4-7-15-9-10-17-13(11(2)14)12-6-5-8-16-12/h5-6,8,11,13H,3-4,7,9-10,14H2,1-2H3. The molecule has 1 aromatic heterocycles. The molecule has 2 unspecified atom stereocenters. The molecule has 1 rings (SSSR count). The molecule has 0 aromatic carbocycles. The van der Waals surface area contributed by atoms with Crippen LogP contribution in [0.3, 0.4) is 0 Å². The lowest BCUT2D eigenvalue weighted by Crippen LogP contribution is -2.27. The average Bonchev–Trinajstić information content (AvgIpc) is 2.81. The van der Waals surface area contributed by atoms with Crippen LogP contribution in [0.25, 0.3) is 0 Å². The summed E-state index contributed by atoms with van der Waals surface area (Å²) < 4.78 is 16.4. The molecule has 2 atom stereocenters. The van der Waals surface area contributed by atoms with Crippen molar-refractivity contribution in [3.63, 3.8) is 0 Å². The number of hydrogen-bond acceptors (Lipinski definition) is 4. The number of ether oxygens (including phenoxy) is 2. The van der Waals surface area contributed by atoms with Crippen LogP contribution >= 0.6 is 0 Å². The van der Waals surface area contributed by atoms with Gasteiger partial charge in [0.1, 0.15) is 11.9 Å². The SMILES string of the molecule is CCCCOCCOC(c1ccco1)C(C)N. The lowest BCUT2D eigenvalue weighted by Gasteiger charge is -2.19. The van der Waals surface area contributed by atoms with Gasteiger partial charge in [-0.15, -0.1) is 0 Å². The number of nitrogens with two attached hydrogens (primary N) is 1. The van der Waals surface area contributed by atoms with Crippen LogP contribution in [0.15, 0.2) is 22.8 Å². The summed E-state index contributed by atoms with van der Waals surface area (Å²) in [4.78, 5) is 0. The predicted molar refractivity (Wildman–Crippen MR) is 66.8 cm³/mol. The number of rotatable bonds is 9. The fourth-order valence-corrected chi connectivity index (χ4v) is 1.53. The summed E-state index contributed by atoms with van der Waals surface area (Å²) in [6.45, 7) is 5.98. The van der Waals surface area contributed by atoms with Crippen molar-refractivity contribution >= 4 is 0 Å². The van der Waals surface area contributed by atoms with Gasteiger partial charge in [0.15, 0.2) is 0 Å². The smallest absolute Gasteiger partial charge is 0.134 e. The summed E-state index contributed by atoms with van der Waals surface area (Å²) in [5.41, 5.74) is 5.86. The summed E-state index contributed by atoms with van der Waals surface area (Å²) in [7, 11) is 0. The van der Waals surface area contributed by atoms with Gasteiger partial charge in [-0.1, -0.05) is 13.3 Å². The average molecular weight is 241 g/mol. The number of furan rings is 1. The van der Waals surface area contributed by atoms with Crippen molar-refractivity contribution < 1.29 is 13.9 Å². The Morgan fingerprint density at radius 1 is 1.35 bits per heavy atom. The van der Waals surface area contributed by atoms with Gasteiger partial charge in [-0.2, -0.15) is 0 Å². The zero-order valence-corrected chi connectivity index (χ0v) is 10.7.